The van der Waals surface area contributed by atoms with Crippen LogP contribution in [0.3, 0.4) is 0 Å². The van der Waals surface area contributed by atoms with Crippen molar-refractivity contribution in [3.63, 3.8) is 0 Å². The van der Waals surface area contributed by atoms with E-state index in [0.29, 0.717) is 6.42 Å². The Morgan fingerprint density at radius 3 is 2.76 bits per heavy atom. The van der Waals surface area contributed by atoms with Crippen LogP contribution in [0.4, 0.5) is 0 Å². The molecule has 0 unspecified atom stereocenters. The van der Waals surface area contributed by atoms with E-state index < -0.39 is 0 Å². The molecule has 0 aliphatic carbocycles. The molecule has 2 aromatic heterocycles. The minimum atomic E-state index is 0.159. The topological polar surface area (TPSA) is 55.3 Å². The molecule has 3 aromatic rings. The number of ether oxygens (including phenoxy) is 1. The van der Waals surface area contributed by atoms with E-state index in [-0.39, 0.29) is 11.8 Å². The number of aryl methyl sites for hydroxylation is 1. The van der Waals surface area contributed by atoms with Gasteiger partial charge in [-0.2, -0.15) is 0 Å². The summed E-state index contributed by atoms with van der Waals surface area (Å²) in [4.78, 5) is 24.1. The summed E-state index contributed by atoms with van der Waals surface area (Å²) in [6, 6.07) is 14.1. The molecule has 150 valence electrons. The standard InChI is InChI=1S/C23H25N3O2S/c1-16-24-19(15-29-16)13-23(27)26-12-4-5-18(14-26)22-7-3-6-21(25-22)17-8-10-20(28-2)11-9-17/h3,6-11,15,18H,4-5,12-14H2,1-2H3/t18-/m1/s1. The molecule has 0 bridgehead atoms. The van der Waals surface area contributed by atoms with Crippen LogP contribution in [0.1, 0.15) is 35.2 Å². The van der Waals surface area contributed by atoms with Crippen molar-refractivity contribution in [2.75, 3.05) is 20.2 Å². The quantitative estimate of drug-likeness (QED) is 0.626. The van der Waals surface area contributed by atoms with Crippen molar-refractivity contribution in [1.82, 2.24) is 14.9 Å². The molecule has 1 fully saturated rings. The number of likely N-dealkylation sites (tertiary alicyclic amines) is 1. The average Bonchev–Trinajstić information content (AvgIpc) is 3.18. The van der Waals surface area contributed by atoms with Gasteiger partial charge in [-0.1, -0.05) is 6.07 Å². The maximum atomic E-state index is 12.8. The van der Waals surface area contributed by atoms with Crippen LogP contribution < -0.4 is 4.74 Å². The lowest BCUT2D eigenvalue weighted by atomic mass is 9.93. The number of hydrogen-bond acceptors (Lipinski definition) is 5. The molecule has 3 heterocycles. The van der Waals surface area contributed by atoms with E-state index in [4.69, 9.17) is 9.72 Å². The number of benzene rings is 1. The number of nitrogens with zero attached hydrogens (tertiary/aromatic N) is 3. The second-order valence-electron chi connectivity index (χ2n) is 7.39. The molecular formula is C23H25N3O2S. The predicted octanol–water partition coefficient (Wildman–Crippen LogP) is 4.47. The summed E-state index contributed by atoms with van der Waals surface area (Å²) in [7, 11) is 1.67. The zero-order valence-electron chi connectivity index (χ0n) is 16.8. The van der Waals surface area contributed by atoms with Gasteiger partial charge >= 0.3 is 0 Å². The smallest absolute Gasteiger partial charge is 0.228 e. The molecular weight excluding hydrogens is 382 g/mol. The van der Waals surface area contributed by atoms with Gasteiger partial charge in [0, 0.05) is 35.6 Å². The molecule has 1 aromatic carbocycles. The molecule has 0 saturated carbocycles. The van der Waals surface area contributed by atoms with E-state index in [9.17, 15) is 4.79 Å². The number of rotatable bonds is 5. The Hall–Kier alpha value is -2.73. The number of aromatic nitrogens is 2. The summed E-state index contributed by atoms with van der Waals surface area (Å²) in [6.45, 7) is 3.51. The van der Waals surface area contributed by atoms with Crippen molar-refractivity contribution in [1.29, 1.82) is 0 Å². The number of amides is 1. The van der Waals surface area contributed by atoms with Crippen molar-refractivity contribution in [3.8, 4) is 17.0 Å². The van der Waals surface area contributed by atoms with Crippen LogP contribution in [0.2, 0.25) is 0 Å². The average molecular weight is 408 g/mol. The molecule has 0 radical (unpaired) electrons. The Morgan fingerprint density at radius 1 is 1.21 bits per heavy atom. The largest absolute Gasteiger partial charge is 0.497 e. The molecule has 1 amide bonds. The maximum absolute atomic E-state index is 12.8. The second kappa shape index (κ2) is 8.74. The van der Waals surface area contributed by atoms with Gasteiger partial charge in [-0.25, -0.2) is 4.98 Å². The highest BCUT2D eigenvalue weighted by atomic mass is 32.1. The molecule has 5 nitrogen and oxygen atoms in total. The molecule has 1 saturated heterocycles. The Bertz CT molecular complexity index is 984. The molecule has 0 N–H and O–H groups in total. The van der Waals surface area contributed by atoms with Crippen LogP contribution in [0.15, 0.2) is 47.8 Å². The summed E-state index contributed by atoms with van der Waals surface area (Å²) < 4.78 is 5.24. The van der Waals surface area contributed by atoms with Gasteiger partial charge in [0.25, 0.3) is 0 Å². The molecule has 1 aliphatic rings. The summed E-state index contributed by atoms with van der Waals surface area (Å²) in [5.74, 6) is 1.26. The fourth-order valence-corrected chi connectivity index (χ4v) is 4.42. The molecule has 4 rings (SSSR count). The van der Waals surface area contributed by atoms with Crippen LogP contribution in [0.25, 0.3) is 11.3 Å². The van der Waals surface area contributed by atoms with E-state index in [1.807, 2.05) is 47.5 Å². The summed E-state index contributed by atoms with van der Waals surface area (Å²) >= 11 is 1.59. The predicted molar refractivity (Wildman–Crippen MR) is 115 cm³/mol. The highest BCUT2D eigenvalue weighted by molar-refractivity contribution is 7.09. The lowest BCUT2D eigenvalue weighted by Crippen LogP contribution is -2.40. The maximum Gasteiger partial charge on any atom is 0.228 e. The number of hydrogen-bond donors (Lipinski definition) is 0. The minimum Gasteiger partial charge on any atom is -0.497 e. The van der Waals surface area contributed by atoms with Crippen molar-refractivity contribution < 1.29 is 9.53 Å². The third-order valence-corrected chi connectivity index (χ3v) is 6.17. The molecule has 0 spiro atoms. The first-order valence-electron chi connectivity index (χ1n) is 9.92. The molecule has 1 aliphatic heterocycles. The van der Waals surface area contributed by atoms with Crippen LogP contribution in [-0.2, 0) is 11.2 Å². The SMILES string of the molecule is COc1ccc(-c2cccc([C@@H]3CCCN(C(=O)Cc4csc(C)n4)C3)n2)cc1. The molecule has 1 atom stereocenters. The Kier molecular flexibility index (Phi) is 5.90. The van der Waals surface area contributed by atoms with Crippen molar-refractivity contribution in [3.05, 3.63) is 64.2 Å². The first-order valence-corrected chi connectivity index (χ1v) is 10.8. The van der Waals surface area contributed by atoms with Gasteiger partial charge in [-0.05, 0) is 56.2 Å². The van der Waals surface area contributed by atoms with Crippen molar-refractivity contribution >= 4 is 17.2 Å². The lowest BCUT2D eigenvalue weighted by molar-refractivity contribution is -0.131. The molecule has 6 heteroatoms. The number of carbonyl (C=O) groups is 1. The van der Waals surface area contributed by atoms with Crippen LogP contribution in [0, 0.1) is 6.92 Å². The van der Waals surface area contributed by atoms with Gasteiger partial charge in [0.15, 0.2) is 0 Å². The molecule has 29 heavy (non-hydrogen) atoms. The number of methoxy groups -OCH3 is 1. The Balaban J connectivity index is 1.47. The monoisotopic (exact) mass is 407 g/mol. The number of piperidine rings is 1. The van der Waals surface area contributed by atoms with E-state index in [1.54, 1.807) is 18.4 Å². The van der Waals surface area contributed by atoms with E-state index >= 15 is 0 Å². The van der Waals surface area contributed by atoms with E-state index in [1.165, 1.54) is 0 Å². The highest BCUT2D eigenvalue weighted by Gasteiger charge is 2.26. The normalized spacial score (nSPS) is 16.6. The fraction of sp³-hybridized carbons (Fsp3) is 0.348. The van der Waals surface area contributed by atoms with Crippen molar-refractivity contribution in [2.24, 2.45) is 0 Å². The van der Waals surface area contributed by atoms with E-state index in [0.717, 1.165) is 59.3 Å². The van der Waals surface area contributed by atoms with Gasteiger partial charge < -0.3 is 9.64 Å². The highest BCUT2D eigenvalue weighted by Crippen LogP contribution is 2.28. The third-order valence-electron chi connectivity index (χ3n) is 5.35. The van der Waals surface area contributed by atoms with E-state index in [2.05, 4.69) is 17.1 Å². The van der Waals surface area contributed by atoms with Crippen LogP contribution >= 0.6 is 11.3 Å². The number of carbonyl (C=O) groups excluding carboxylic acids is 1. The zero-order chi connectivity index (χ0) is 20.2. The van der Waals surface area contributed by atoms with Crippen molar-refractivity contribution in [2.45, 2.75) is 32.1 Å². The third kappa shape index (κ3) is 4.65. The van der Waals surface area contributed by atoms with Gasteiger partial charge in [-0.3, -0.25) is 9.78 Å². The first kappa shape index (κ1) is 19.6. The first-order chi connectivity index (χ1) is 14.1. The van der Waals surface area contributed by atoms with Gasteiger partial charge in [0.1, 0.15) is 5.75 Å². The minimum absolute atomic E-state index is 0.159. The van der Waals surface area contributed by atoms with Gasteiger partial charge in [0.05, 0.1) is 29.9 Å². The second-order valence-corrected chi connectivity index (χ2v) is 8.45. The Morgan fingerprint density at radius 2 is 2.03 bits per heavy atom. The summed E-state index contributed by atoms with van der Waals surface area (Å²) in [5, 5.41) is 2.98. The number of pyridine rings is 1. The van der Waals surface area contributed by atoms with Gasteiger partial charge in [-0.15, -0.1) is 11.3 Å². The van der Waals surface area contributed by atoms with Crippen LogP contribution in [-0.4, -0.2) is 41.0 Å². The zero-order valence-corrected chi connectivity index (χ0v) is 17.6. The Labute approximate surface area is 175 Å². The lowest BCUT2D eigenvalue weighted by Gasteiger charge is -2.32. The van der Waals surface area contributed by atoms with Gasteiger partial charge in [0.2, 0.25) is 5.91 Å². The fourth-order valence-electron chi connectivity index (χ4n) is 3.80. The summed E-state index contributed by atoms with van der Waals surface area (Å²) in [5.41, 5.74) is 3.95. The number of thiazole rings is 1. The van der Waals surface area contributed by atoms with Crippen LogP contribution in [0.5, 0.6) is 5.75 Å². The summed E-state index contributed by atoms with van der Waals surface area (Å²) in [6.07, 6.45) is 2.44.